The van der Waals surface area contributed by atoms with E-state index in [-0.39, 0.29) is 5.41 Å². The molecule has 3 nitrogen and oxygen atoms in total. The van der Waals surface area contributed by atoms with Crippen LogP contribution in [-0.2, 0) is 5.41 Å². The van der Waals surface area contributed by atoms with Gasteiger partial charge in [-0.1, -0.05) is 108 Å². The molecule has 3 aromatic carbocycles. The fraction of sp³-hybridized carbons (Fsp3) is 0.476. The molecule has 2 fully saturated rings. The van der Waals surface area contributed by atoms with Gasteiger partial charge in [0.1, 0.15) is 0 Å². The van der Waals surface area contributed by atoms with Crippen molar-refractivity contribution >= 4 is 35.6 Å². The van der Waals surface area contributed by atoms with Crippen molar-refractivity contribution in [2.75, 3.05) is 21.1 Å². The van der Waals surface area contributed by atoms with Gasteiger partial charge >= 0.3 is 0 Å². The van der Waals surface area contributed by atoms with Crippen molar-refractivity contribution < 1.29 is 4.59 Å². The second kappa shape index (κ2) is 10.5. The van der Waals surface area contributed by atoms with Crippen molar-refractivity contribution in [2.45, 2.75) is 89.4 Å². The van der Waals surface area contributed by atoms with E-state index in [2.05, 4.69) is 143 Å². The van der Waals surface area contributed by atoms with E-state index < -0.39 is 8.24 Å². The Morgan fingerprint density at radius 3 is 2.09 bits per heavy atom. The molecule has 4 unspecified atom stereocenters. The summed E-state index contributed by atoms with van der Waals surface area (Å²) in [7, 11) is 5.51. The number of aromatic nitrogens is 1. The summed E-state index contributed by atoms with van der Waals surface area (Å²) in [5.74, 6) is 2.03. The number of para-hydroxylation sites is 2. The minimum Gasteiger partial charge on any atom is -0.309 e. The molecule has 4 aromatic rings. The average molecular weight is 629 g/mol. The number of hydrogen-bond acceptors (Lipinski definition) is 1. The van der Waals surface area contributed by atoms with Crippen molar-refractivity contribution in [3.05, 3.63) is 95.6 Å². The van der Waals surface area contributed by atoms with Gasteiger partial charge in [0.2, 0.25) is 0 Å². The lowest BCUT2D eigenvalue weighted by atomic mass is 9.76. The van der Waals surface area contributed by atoms with E-state index in [9.17, 15) is 0 Å². The van der Waals surface area contributed by atoms with Crippen molar-refractivity contribution in [2.24, 2.45) is 17.8 Å². The van der Waals surface area contributed by atoms with E-state index in [4.69, 9.17) is 0 Å². The quantitative estimate of drug-likeness (QED) is 0.121. The molecule has 8 rings (SSSR count). The zero-order valence-electron chi connectivity index (χ0n) is 29.5. The molecule has 4 atom stereocenters. The summed E-state index contributed by atoms with van der Waals surface area (Å²) in [5.41, 5.74) is 10.6. The molecule has 1 heterocycles. The molecule has 0 aliphatic heterocycles. The molecule has 0 amide bonds. The van der Waals surface area contributed by atoms with Crippen LogP contribution in [0.3, 0.4) is 0 Å². The topological polar surface area (TPSA) is 8.17 Å². The number of quaternary nitrogens is 1. The number of benzene rings is 3. The molecular formula is C42H54N3Si+. The van der Waals surface area contributed by atoms with E-state index in [1.165, 1.54) is 82.7 Å². The number of hydrogen-bond donors (Lipinski definition) is 0. The van der Waals surface area contributed by atoms with Crippen LogP contribution in [0.25, 0.3) is 33.1 Å². The highest BCUT2D eigenvalue weighted by Crippen LogP contribution is 2.61. The summed E-state index contributed by atoms with van der Waals surface area (Å²) in [6.45, 7) is 13.0. The Morgan fingerprint density at radius 1 is 0.826 bits per heavy atom. The fourth-order valence-electron chi connectivity index (χ4n) is 11.3. The SMILES string of the molecule is CC1CC2C=C3C(=CC2C1[Si](C)(C)N(C1CCCCC1)[N+](C)(C)C)C(C)(C)c1cc(-n2c4ccccc4c4ccccc42)ccc13. The van der Waals surface area contributed by atoms with Crippen LogP contribution in [0, 0.1) is 17.8 Å². The summed E-state index contributed by atoms with van der Waals surface area (Å²) in [6, 6.07) is 25.8. The Hall–Kier alpha value is -2.92. The van der Waals surface area contributed by atoms with E-state index >= 15 is 0 Å². The third-order valence-electron chi connectivity index (χ3n) is 12.6. The minimum absolute atomic E-state index is 0.0217. The van der Waals surface area contributed by atoms with Crippen LogP contribution >= 0.6 is 0 Å². The maximum Gasteiger partial charge on any atom is 0.191 e. The summed E-state index contributed by atoms with van der Waals surface area (Å²) >= 11 is 0. The van der Waals surface area contributed by atoms with Gasteiger partial charge in [0, 0.05) is 27.9 Å². The predicted molar refractivity (Wildman–Crippen MR) is 199 cm³/mol. The van der Waals surface area contributed by atoms with E-state index in [1.807, 2.05) is 0 Å². The summed E-state index contributed by atoms with van der Waals surface area (Å²) in [4.78, 5) is 0. The monoisotopic (exact) mass is 628 g/mol. The summed E-state index contributed by atoms with van der Waals surface area (Å²) in [5, 5.41) is 2.65. The molecule has 2 saturated carbocycles. The van der Waals surface area contributed by atoms with Crippen LogP contribution < -0.4 is 0 Å². The zero-order valence-corrected chi connectivity index (χ0v) is 30.5. The molecule has 4 heteroatoms. The van der Waals surface area contributed by atoms with E-state index in [0.29, 0.717) is 11.8 Å². The third kappa shape index (κ3) is 4.43. The van der Waals surface area contributed by atoms with Crippen LogP contribution in [0.5, 0.6) is 0 Å². The smallest absolute Gasteiger partial charge is 0.191 e. The Balaban J connectivity index is 1.21. The van der Waals surface area contributed by atoms with Gasteiger partial charge in [-0.05, 0) is 89.1 Å². The second-order valence-electron chi connectivity index (χ2n) is 17.1. The lowest BCUT2D eigenvalue weighted by Gasteiger charge is -2.54. The first kappa shape index (κ1) is 30.4. The zero-order chi connectivity index (χ0) is 32.2. The van der Waals surface area contributed by atoms with Gasteiger partial charge in [-0.25, -0.2) is 0 Å². The van der Waals surface area contributed by atoms with Crippen LogP contribution in [-0.4, -0.2) is 49.3 Å². The van der Waals surface area contributed by atoms with E-state index in [0.717, 1.165) is 22.1 Å². The first-order valence-electron chi connectivity index (χ1n) is 18.1. The lowest BCUT2D eigenvalue weighted by molar-refractivity contribution is -0.975. The summed E-state index contributed by atoms with van der Waals surface area (Å²) in [6.07, 6.45) is 13.9. The first-order valence-corrected chi connectivity index (χ1v) is 21.1. The maximum atomic E-state index is 3.07. The normalized spacial score (nSPS) is 26.3. The molecule has 46 heavy (non-hydrogen) atoms. The fourth-order valence-corrected chi connectivity index (χ4v) is 17.2. The second-order valence-corrected chi connectivity index (χ2v) is 21.5. The van der Waals surface area contributed by atoms with Gasteiger partial charge in [-0.15, -0.1) is 0 Å². The molecule has 240 valence electrons. The van der Waals surface area contributed by atoms with Crippen molar-refractivity contribution in [1.82, 2.24) is 9.24 Å². The van der Waals surface area contributed by atoms with Crippen molar-refractivity contribution in [3.63, 3.8) is 0 Å². The van der Waals surface area contributed by atoms with Crippen LogP contribution in [0.15, 0.2) is 84.5 Å². The van der Waals surface area contributed by atoms with Crippen molar-refractivity contribution in [1.29, 1.82) is 0 Å². The number of rotatable bonds is 5. The lowest BCUT2D eigenvalue weighted by Crippen LogP contribution is -2.69. The third-order valence-corrected chi connectivity index (χ3v) is 17.4. The highest BCUT2D eigenvalue weighted by Gasteiger charge is 2.57. The van der Waals surface area contributed by atoms with Gasteiger partial charge in [-0.3, -0.25) is 4.59 Å². The van der Waals surface area contributed by atoms with Crippen LogP contribution in [0.4, 0.5) is 0 Å². The molecule has 1 aromatic heterocycles. The van der Waals surface area contributed by atoms with E-state index in [1.54, 1.807) is 5.57 Å². The van der Waals surface area contributed by atoms with Gasteiger partial charge in [0.05, 0.1) is 32.2 Å². The van der Waals surface area contributed by atoms with Gasteiger partial charge in [0.25, 0.3) is 0 Å². The maximum absolute atomic E-state index is 3.07. The first-order chi connectivity index (χ1) is 21.9. The van der Waals surface area contributed by atoms with Crippen LogP contribution in [0.1, 0.15) is 70.4 Å². The molecule has 0 bridgehead atoms. The molecule has 0 N–H and O–H groups in total. The molecule has 4 aliphatic carbocycles. The standard InChI is InChI=1S/C42H54N3Si/c1-28-24-29-25-36-32-23-22-31(43-39-20-14-12-18-33(39)34-19-13-15-21-40(34)43)26-37(32)42(2,3)38(36)27-35(29)41(28)46(7,8)44(45(4,5)6)30-16-10-9-11-17-30/h12-15,18-23,25-30,35,41H,9-11,16-17,24H2,1-8H3/q+1. The molecular weight excluding hydrogens is 575 g/mol. The molecule has 0 radical (unpaired) electrons. The highest BCUT2D eigenvalue weighted by atomic mass is 28.3. The van der Waals surface area contributed by atoms with Crippen LogP contribution in [0.2, 0.25) is 18.6 Å². The molecule has 0 spiro atoms. The molecule has 0 saturated heterocycles. The largest absolute Gasteiger partial charge is 0.309 e. The Kier molecular flexibility index (Phi) is 6.97. The Bertz CT molecular complexity index is 1840. The van der Waals surface area contributed by atoms with Gasteiger partial charge in [0.15, 0.2) is 8.24 Å². The number of fused-ring (bicyclic) bond motifs is 7. The van der Waals surface area contributed by atoms with Gasteiger partial charge in [-0.2, -0.15) is 4.67 Å². The highest BCUT2D eigenvalue weighted by molar-refractivity contribution is 6.76. The minimum atomic E-state index is -1.83. The Morgan fingerprint density at radius 2 is 1.46 bits per heavy atom. The Labute approximate surface area is 278 Å². The predicted octanol–water partition coefficient (Wildman–Crippen LogP) is 10.5. The molecule has 4 aliphatic rings. The van der Waals surface area contributed by atoms with Crippen molar-refractivity contribution in [3.8, 4) is 5.69 Å². The summed E-state index contributed by atoms with van der Waals surface area (Å²) < 4.78 is 6.53. The number of nitrogens with zero attached hydrogens (tertiary/aromatic N) is 3. The average Bonchev–Trinajstić information content (AvgIpc) is 3.60. The van der Waals surface area contributed by atoms with Gasteiger partial charge < -0.3 is 4.57 Å². The number of allylic oxidation sites excluding steroid dienone is 4.